The lowest BCUT2D eigenvalue weighted by Crippen LogP contribution is -2.54. The maximum atomic E-state index is 13.3. The molecule has 0 aromatic carbocycles. The SMILES string of the molecule is CC1=C2N(C)C(=O)CC[C@]2(C)[C@H]2CC[C@]3(C)[C@@H](C(=O)Sc4ccccn4)CC[C@H]3[C@@H]2C1. The number of piperidine rings is 1. The van der Waals surface area contributed by atoms with Crippen molar-refractivity contribution in [1.82, 2.24) is 9.88 Å². The molecule has 0 bridgehead atoms. The van der Waals surface area contributed by atoms with Crippen molar-refractivity contribution < 1.29 is 9.59 Å². The highest BCUT2D eigenvalue weighted by Gasteiger charge is 2.61. The fourth-order valence-corrected chi connectivity index (χ4v) is 9.07. The van der Waals surface area contributed by atoms with Gasteiger partial charge in [0, 0.05) is 36.7 Å². The second-order valence-electron chi connectivity index (χ2n) is 10.8. The zero-order valence-electron chi connectivity index (χ0n) is 19.2. The van der Waals surface area contributed by atoms with Crippen molar-refractivity contribution in [2.24, 2.45) is 34.5 Å². The maximum absolute atomic E-state index is 13.3. The highest BCUT2D eigenvalue weighted by Crippen LogP contribution is 2.67. The predicted molar refractivity (Wildman–Crippen MR) is 123 cm³/mol. The molecule has 3 aliphatic carbocycles. The molecule has 4 aliphatic rings. The van der Waals surface area contributed by atoms with Gasteiger partial charge < -0.3 is 4.90 Å². The van der Waals surface area contributed by atoms with Crippen molar-refractivity contribution in [3.05, 3.63) is 35.7 Å². The minimum absolute atomic E-state index is 0.0879. The fourth-order valence-electron chi connectivity index (χ4n) is 8.08. The third-order valence-electron chi connectivity index (χ3n) is 9.44. The molecule has 166 valence electrons. The van der Waals surface area contributed by atoms with Gasteiger partial charge in [0.25, 0.3) is 0 Å². The first kappa shape index (κ1) is 21.2. The predicted octanol–water partition coefficient (Wildman–Crippen LogP) is 5.70. The van der Waals surface area contributed by atoms with E-state index in [0.29, 0.717) is 29.3 Å². The summed E-state index contributed by atoms with van der Waals surface area (Å²) in [6, 6.07) is 5.79. The van der Waals surface area contributed by atoms with Gasteiger partial charge in [0.1, 0.15) is 5.03 Å². The Balaban J connectivity index is 1.43. The molecule has 5 heteroatoms. The molecular weight excluding hydrogens is 404 g/mol. The molecule has 2 heterocycles. The number of amides is 1. The van der Waals surface area contributed by atoms with Gasteiger partial charge in [0.15, 0.2) is 5.12 Å². The van der Waals surface area contributed by atoms with Crippen molar-refractivity contribution >= 4 is 22.8 Å². The lowest BCUT2D eigenvalue weighted by atomic mass is 9.48. The molecule has 1 amide bonds. The Kier molecular flexibility index (Phi) is 5.12. The van der Waals surface area contributed by atoms with Crippen molar-refractivity contribution in [3.8, 4) is 0 Å². The van der Waals surface area contributed by atoms with Crippen molar-refractivity contribution in [1.29, 1.82) is 0 Å². The number of pyridine rings is 1. The average Bonchev–Trinajstić information content (AvgIpc) is 3.09. The highest BCUT2D eigenvalue weighted by molar-refractivity contribution is 8.13. The summed E-state index contributed by atoms with van der Waals surface area (Å²) in [5, 5.41) is 1.12. The summed E-state index contributed by atoms with van der Waals surface area (Å²) in [4.78, 5) is 32.1. The Morgan fingerprint density at radius 1 is 1.16 bits per heavy atom. The quantitative estimate of drug-likeness (QED) is 0.556. The van der Waals surface area contributed by atoms with Crippen LogP contribution in [0.4, 0.5) is 0 Å². The van der Waals surface area contributed by atoms with Gasteiger partial charge in [-0.05, 0) is 92.5 Å². The standard InChI is InChI=1S/C26H34N2O2S/c1-16-15-17-18-8-9-20(24(30)31-21-7-5-6-14-27-21)25(18,2)12-10-19(17)26(3)13-11-22(29)28(4)23(16)26/h5-7,14,17-20H,8-13,15H2,1-4H3/t17-,18-,19-,20+,25-,26+/m0/s1. The van der Waals surface area contributed by atoms with E-state index in [0.717, 1.165) is 37.1 Å². The van der Waals surface area contributed by atoms with Crippen LogP contribution in [0.25, 0.3) is 0 Å². The molecule has 31 heavy (non-hydrogen) atoms. The molecule has 3 fully saturated rings. The third-order valence-corrected chi connectivity index (χ3v) is 10.4. The van der Waals surface area contributed by atoms with E-state index in [4.69, 9.17) is 0 Å². The van der Waals surface area contributed by atoms with Crippen molar-refractivity contribution in [2.75, 3.05) is 7.05 Å². The highest BCUT2D eigenvalue weighted by atomic mass is 32.2. The van der Waals surface area contributed by atoms with E-state index in [1.807, 2.05) is 30.1 Å². The molecule has 6 atom stereocenters. The minimum Gasteiger partial charge on any atom is -0.319 e. The van der Waals surface area contributed by atoms with Crippen LogP contribution in [-0.4, -0.2) is 28.0 Å². The molecule has 1 aromatic heterocycles. The average molecular weight is 439 g/mol. The van der Waals surface area contributed by atoms with Gasteiger partial charge in [0.2, 0.25) is 5.91 Å². The molecule has 2 saturated carbocycles. The maximum Gasteiger partial charge on any atom is 0.226 e. The van der Waals surface area contributed by atoms with Crippen LogP contribution in [0, 0.1) is 34.5 Å². The molecule has 1 aliphatic heterocycles. The Morgan fingerprint density at radius 2 is 1.97 bits per heavy atom. The first-order chi connectivity index (χ1) is 14.8. The van der Waals surface area contributed by atoms with E-state index >= 15 is 0 Å². The van der Waals surface area contributed by atoms with Gasteiger partial charge in [-0.25, -0.2) is 4.98 Å². The lowest BCUT2D eigenvalue weighted by Gasteiger charge is -2.59. The number of thioether (sulfide) groups is 1. The van der Waals surface area contributed by atoms with E-state index in [1.165, 1.54) is 29.5 Å². The van der Waals surface area contributed by atoms with Crippen molar-refractivity contribution in [3.63, 3.8) is 0 Å². The Hall–Kier alpha value is -1.62. The van der Waals surface area contributed by atoms with Crippen LogP contribution >= 0.6 is 11.8 Å². The van der Waals surface area contributed by atoms with E-state index in [1.54, 1.807) is 6.20 Å². The van der Waals surface area contributed by atoms with Gasteiger partial charge in [-0.1, -0.05) is 25.5 Å². The van der Waals surface area contributed by atoms with Gasteiger partial charge in [-0.3, -0.25) is 9.59 Å². The molecule has 0 spiro atoms. The molecule has 5 rings (SSSR count). The number of aromatic nitrogens is 1. The lowest BCUT2D eigenvalue weighted by molar-refractivity contribution is -0.137. The second-order valence-corrected chi connectivity index (χ2v) is 11.9. The number of nitrogens with zero attached hydrogens (tertiary/aromatic N) is 2. The number of fused-ring (bicyclic) bond motifs is 5. The van der Waals surface area contributed by atoms with Gasteiger partial charge >= 0.3 is 0 Å². The fraction of sp³-hybridized carbons (Fsp3) is 0.654. The summed E-state index contributed by atoms with van der Waals surface area (Å²) in [7, 11) is 1.98. The molecule has 0 radical (unpaired) electrons. The number of carbonyl (C=O) groups excluding carboxylic acids is 2. The number of rotatable bonds is 2. The number of allylic oxidation sites excluding steroid dienone is 2. The van der Waals surface area contributed by atoms with Crippen LogP contribution in [0.15, 0.2) is 40.7 Å². The Bertz CT molecular complexity index is 944. The normalized spacial score (nSPS) is 39.7. The summed E-state index contributed by atoms with van der Waals surface area (Å²) in [6.45, 7) is 7.07. The van der Waals surface area contributed by atoms with Crippen LogP contribution in [0.2, 0.25) is 0 Å². The van der Waals surface area contributed by atoms with E-state index < -0.39 is 0 Å². The van der Waals surface area contributed by atoms with Crippen LogP contribution in [0.3, 0.4) is 0 Å². The largest absolute Gasteiger partial charge is 0.319 e. The zero-order valence-corrected chi connectivity index (χ0v) is 20.0. The number of hydrogen-bond donors (Lipinski definition) is 0. The molecule has 1 aromatic rings. The topological polar surface area (TPSA) is 50.3 Å². The summed E-state index contributed by atoms with van der Waals surface area (Å²) in [6.07, 6.45) is 8.95. The number of carbonyl (C=O) groups is 2. The molecular formula is C26H34N2O2S. The summed E-state index contributed by atoms with van der Waals surface area (Å²) < 4.78 is 0. The van der Waals surface area contributed by atoms with Crippen LogP contribution in [0.1, 0.15) is 65.7 Å². The first-order valence-corrected chi connectivity index (χ1v) is 12.7. The Labute approximate surface area is 190 Å². The zero-order chi connectivity index (χ0) is 22.0. The van der Waals surface area contributed by atoms with Crippen LogP contribution in [-0.2, 0) is 9.59 Å². The molecule has 0 unspecified atom stereocenters. The third kappa shape index (κ3) is 3.13. The van der Waals surface area contributed by atoms with E-state index in [-0.39, 0.29) is 22.7 Å². The second kappa shape index (κ2) is 7.47. The first-order valence-electron chi connectivity index (χ1n) is 11.8. The minimum atomic E-state index is 0.0879. The Morgan fingerprint density at radius 3 is 2.71 bits per heavy atom. The monoisotopic (exact) mass is 438 g/mol. The van der Waals surface area contributed by atoms with Crippen molar-refractivity contribution in [2.45, 2.75) is 70.7 Å². The summed E-state index contributed by atoms with van der Waals surface area (Å²) in [5.74, 6) is 2.24. The van der Waals surface area contributed by atoms with Crippen LogP contribution < -0.4 is 0 Å². The molecule has 0 N–H and O–H groups in total. The van der Waals surface area contributed by atoms with E-state index in [2.05, 4.69) is 25.8 Å². The van der Waals surface area contributed by atoms with Crippen LogP contribution in [0.5, 0.6) is 0 Å². The smallest absolute Gasteiger partial charge is 0.226 e. The van der Waals surface area contributed by atoms with Gasteiger partial charge in [-0.2, -0.15) is 0 Å². The number of hydrogen-bond acceptors (Lipinski definition) is 4. The molecule has 1 saturated heterocycles. The molecule has 4 nitrogen and oxygen atoms in total. The van der Waals surface area contributed by atoms with E-state index in [9.17, 15) is 9.59 Å². The summed E-state index contributed by atoms with van der Waals surface area (Å²) >= 11 is 1.34. The number of likely N-dealkylation sites (tertiary alicyclic amines) is 1. The summed E-state index contributed by atoms with van der Waals surface area (Å²) in [5.41, 5.74) is 2.90. The van der Waals surface area contributed by atoms with Gasteiger partial charge in [0.05, 0.1) is 0 Å². The van der Waals surface area contributed by atoms with Gasteiger partial charge in [-0.15, -0.1) is 0 Å².